The lowest BCUT2D eigenvalue weighted by Crippen LogP contribution is -2.49. The second-order valence-electron chi connectivity index (χ2n) is 7.19. The number of amides is 1. The molecule has 7 nitrogen and oxygen atoms in total. The van der Waals surface area contributed by atoms with Crippen molar-refractivity contribution in [3.05, 3.63) is 71.9 Å². The molecule has 1 aliphatic heterocycles. The minimum absolute atomic E-state index is 0.0360. The zero-order valence-corrected chi connectivity index (χ0v) is 17.2. The minimum Gasteiger partial charge on any atom is -0.497 e. The van der Waals surface area contributed by atoms with Crippen molar-refractivity contribution in [2.75, 3.05) is 43.5 Å². The van der Waals surface area contributed by atoms with Gasteiger partial charge in [-0.05, 0) is 43.3 Å². The van der Waals surface area contributed by atoms with E-state index in [0.29, 0.717) is 37.7 Å². The molecule has 1 fully saturated rings. The first-order valence-corrected chi connectivity index (χ1v) is 9.98. The van der Waals surface area contributed by atoms with Crippen LogP contribution in [0, 0.1) is 6.92 Å². The molecule has 2 aromatic carbocycles. The summed E-state index contributed by atoms with van der Waals surface area (Å²) in [6, 6.07) is 19.1. The summed E-state index contributed by atoms with van der Waals surface area (Å²) in [6.45, 7) is 4.60. The number of carbonyl (C=O) groups excluding carboxylic acids is 1. The zero-order valence-electron chi connectivity index (χ0n) is 17.2. The molecule has 0 atom stereocenters. The van der Waals surface area contributed by atoms with Crippen molar-refractivity contribution >= 4 is 23.4 Å². The molecule has 0 bridgehead atoms. The third-order valence-electron chi connectivity index (χ3n) is 5.08. The number of methoxy groups -OCH3 is 1. The summed E-state index contributed by atoms with van der Waals surface area (Å²) >= 11 is 0. The summed E-state index contributed by atoms with van der Waals surface area (Å²) in [4.78, 5) is 26.1. The van der Waals surface area contributed by atoms with Gasteiger partial charge in [0.2, 0.25) is 5.95 Å². The molecule has 2 heterocycles. The van der Waals surface area contributed by atoms with Gasteiger partial charge in [0.05, 0.1) is 7.11 Å². The largest absolute Gasteiger partial charge is 0.497 e. The maximum absolute atomic E-state index is 12.8. The number of benzene rings is 2. The smallest absolute Gasteiger partial charge is 0.253 e. The molecule has 7 heteroatoms. The van der Waals surface area contributed by atoms with Crippen LogP contribution in [-0.2, 0) is 0 Å². The number of para-hydroxylation sites is 1. The Morgan fingerprint density at radius 1 is 0.967 bits per heavy atom. The number of hydrogen-bond acceptors (Lipinski definition) is 6. The third kappa shape index (κ3) is 4.51. The summed E-state index contributed by atoms with van der Waals surface area (Å²) < 4.78 is 5.16. The van der Waals surface area contributed by atoms with E-state index >= 15 is 0 Å². The summed E-state index contributed by atoms with van der Waals surface area (Å²) in [5.74, 6) is 2.23. The molecule has 0 spiro atoms. The van der Waals surface area contributed by atoms with Crippen molar-refractivity contribution in [3.63, 3.8) is 0 Å². The average molecular weight is 403 g/mol. The maximum Gasteiger partial charge on any atom is 0.253 e. The van der Waals surface area contributed by atoms with Crippen LogP contribution in [0.3, 0.4) is 0 Å². The summed E-state index contributed by atoms with van der Waals surface area (Å²) in [6.07, 6.45) is 0. The van der Waals surface area contributed by atoms with E-state index in [1.807, 2.05) is 60.4 Å². The van der Waals surface area contributed by atoms with Crippen LogP contribution in [0.25, 0.3) is 0 Å². The van der Waals surface area contributed by atoms with Crippen molar-refractivity contribution in [3.8, 4) is 5.75 Å². The molecule has 4 rings (SSSR count). The number of anilines is 3. The molecule has 1 aliphatic rings. The molecule has 1 saturated heterocycles. The van der Waals surface area contributed by atoms with Gasteiger partial charge < -0.3 is 19.9 Å². The Morgan fingerprint density at radius 3 is 2.33 bits per heavy atom. The summed E-state index contributed by atoms with van der Waals surface area (Å²) in [7, 11) is 1.62. The Balaban J connectivity index is 1.41. The fraction of sp³-hybridized carbons (Fsp3) is 0.261. The number of rotatable bonds is 5. The first kappa shape index (κ1) is 19.7. The van der Waals surface area contributed by atoms with Gasteiger partial charge in [0, 0.05) is 49.2 Å². The lowest BCUT2D eigenvalue weighted by Gasteiger charge is -2.35. The highest BCUT2D eigenvalue weighted by molar-refractivity contribution is 5.94. The molecule has 0 saturated carbocycles. The second kappa shape index (κ2) is 8.82. The van der Waals surface area contributed by atoms with E-state index < -0.39 is 0 Å². The van der Waals surface area contributed by atoms with Crippen LogP contribution in [0.4, 0.5) is 17.5 Å². The van der Waals surface area contributed by atoms with Gasteiger partial charge in [-0.2, -0.15) is 4.98 Å². The number of ether oxygens (including phenoxy) is 1. The van der Waals surface area contributed by atoms with Crippen LogP contribution >= 0.6 is 0 Å². The van der Waals surface area contributed by atoms with Crippen molar-refractivity contribution in [2.24, 2.45) is 0 Å². The number of nitrogens with zero attached hydrogens (tertiary/aromatic N) is 4. The molecule has 1 amide bonds. The Bertz CT molecular complexity index is 1000. The van der Waals surface area contributed by atoms with Gasteiger partial charge in [-0.25, -0.2) is 4.98 Å². The Kier molecular flexibility index (Phi) is 5.79. The molecule has 1 aromatic heterocycles. The van der Waals surface area contributed by atoms with E-state index in [0.717, 1.165) is 22.9 Å². The molecule has 3 aromatic rings. The molecular formula is C23H25N5O2. The van der Waals surface area contributed by atoms with Gasteiger partial charge in [-0.15, -0.1) is 0 Å². The molecule has 0 radical (unpaired) electrons. The number of nitrogens with one attached hydrogen (secondary N) is 1. The standard InChI is InChI=1S/C23H25N5O2/c1-17-16-21(25-19-6-4-3-5-7-19)26-23(24-17)28-14-12-27(13-15-28)22(29)18-8-10-20(30-2)11-9-18/h3-11,16H,12-15H2,1-2H3,(H,24,25,26). The van der Waals surface area contributed by atoms with Crippen LogP contribution in [0.2, 0.25) is 0 Å². The quantitative estimate of drug-likeness (QED) is 0.703. The van der Waals surface area contributed by atoms with Gasteiger partial charge in [-0.1, -0.05) is 18.2 Å². The first-order chi connectivity index (χ1) is 14.6. The van der Waals surface area contributed by atoms with Gasteiger partial charge in [0.25, 0.3) is 5.91 Å². The maximum atomic E-state index is 12.8. The molecule has 0 aliphatic carbocycles. The highest BCUT2D eigenvalue weighted by Gasteiger charge is 2.24. The Morgan fingerprint density at radius 2 is 1.67 bits per heavy atom. The number of carbonyl (C=O) groups is 1. The number of hydrogen-bond donors (Lipinski definition) is 1. The highest BCUT2D eigenvalue weighted by Crippen LogP contribution is 2.20. The van der Waals surface area contributed by atoms with Crippen LogP contribution in [0.5, 0.6) is 5.75 Å². The Labute approximate surface area is 176 Å². The topological polar surface area (TPSA) is 70.6 Å². The number of piperazine rings is 1. The number of aryl methyl sites for hydroxylation is 1. The Hall–Kier alpha value is -3.61. The average Bonchev–Trinajstić information content (AvgIpc) is 2.79. The zero-order chi connectivity index (χ0) is 20.9. The van der Waals surface area contributed by atoms with E-state index in [2.05, 4.69) is 20.2 Å². The lowest BCUT2D eigenvalue weighted by molar-refractivity contribution is 0.0746. The van der Waals surface area contributed by atoms with E-state index in [1.54, 1.807) is 19.2 Å². The fourth-order valence-electron chi connectivity index (χ4n) is 3.45. The molecule has 0 unspecified atom stereocenters. The SMILES string of the molecule is COc1ccc(C(=O)N2CCN(c3nc(C)cc(Nc4ccccc4)n3)CC2)cc1. The van der Waals surface area contributed by atoms with E-state index in [9.17, 15) is 4.79 Å². The predicted octanol–water partition coefficient (Wildman–Crippen LogP) is 3.50. The first-order valence-electron chi connectivity index (χ1n) is 9.98. The normalized spacial score (nSPS) is 13.8. The monoisotopic (exact) mass is 403 g/mol. The van der Waals surface area contributed by atoms with Gasteiger partial charge >= 0.3 is 0 Å². The van der Waals surface area contributed by atoms with Crippen molar-refractivity contribution in [1.82, 2.24) is 14.9 Å². The molecule has 30 heavy (non-hydrogen) atoms. The molecular weight excluding hydrogens is 378 g/mol. The van der Waals surface area contributed by atoms with Crippen LogP contribution < -0.4 is 15.0 Å². The summed E-state index contributed by atoms with van der Waals surface area (Å²) in [5, 5.41) is 3.33. The van der Waals surface area contributed by atoms with E-state index in [4.69, 9.17) is 4.74 Å². The lowest BCUT2D eigenvalue weighted by atomic mass is 10.1. The highest BCUT2D eigenvalue weighted by atomic mass is 16.5. The molecule has 1 N–H and O–H groups in total. The van der Waals surface area contributed by atoms with E-state index in [-0.39, 0.29) is 5.91 Å². The molecule has 154 valence electrons. The fourth-order valence-corrected chi connectivity index (χ4v) is 3.45. The van der Waals surface area contributed by atoms with Crippen LogP contribution in [0.1, 0.15) is 16.1 Å². The van der Waals surface area contributed by atoms with Crippen molar-refractivity contribution in [1.29, 1.82) is 0 Å². The van der Waals surface area contributed by atoms with Crippen molar-refractivity contribution < 1.29 is 9.53 Å². The third-order valence-corrected chi connectivity index (χ3v) is 5.08. The summed E-state index contributed by atoms with van der Waals surface area (Å²) in [5.41, 5.74) is 2.55. The van der Waals surface area contributed by atoms with Gasteiger partial charge in [0.15, 0.2) is 0 Å². The van der Waals surface area contributed by atoms with Gasteiger partial charge in [-0.3, -0.25) is 4.79 Å². The van der Waals surface area contributed by atoms with Crippen LogP contribution in [-0.4, -0.2) is 54.1 Å². The predicted molar refractivity (Wildman–Crippen MR) is 118 cm³/mol. The minimum atomic E-state index is 0.0360. The number of aromatic nitrogens is 2. The van der Waals surface area contributed by atoms with E-state index in [1.165, 1.54) is 0 Å². The van der Waals surface area contributed by atoms with Crippen molar-refractivity contribution in [2.45, 2.75) is 6.92 Å². The van der Waals surface area contributed by atoms with Crippen LogP contribution in [0.15, 0.2) is 60.7 Å². The van der Waals surface area contributed by atoms with Gasteiger partial charge in [0.1, 0.15) is 11.6 Å². The second-order valence-corrected chi connectivity index (χ2v) is 7.19.